The fourth-order valence-corrected chi connectivity index (χ4v) is 2.75. The maximum Gasteiger partial charge on any atom is 0.193 e. The Morgan fingerprint density at radius 2 is 2.00 bits per heavy atom. The van der Waals surface area contributed by atoms with E-state index in [0.29, 0.717) is 5.96 Å². The third kappa shape index (κ3) is 3.85. The van der Waals surface area contributed by atoms with Crippen LogP contribution in [0.15, 0.2) is 23.2 Å². The Labute approximate surface area is 137 Å². The van der Waals surface area contributed by atoms with E-state index in [2.05, 4.69) is 33.4 Å². The first kappa shape index (κ1) is 15.6. The van der Waals surface area contributed by atoms with Crippen LogP contribution in [0.3, 0.4) is 0 Å². The molecule has 0 unspecified atom stereocenters. The first-order chi connectivity index (χ1) is 9.31. The van der Waals surface area contributed by atoms with E-state index in [-0.39, 0.29) is 24.0 Å². The molecule has 20 heavy (non-hydrogen) atoms. The zero-order valence-electron chi connectivity index (χ0n) is 11.8. The van der Waals surface area contributed by atoms with Crippen molar-refractivity contribution in [1.29, 1.82) is 0 Å². The number of fused-ring (bicyclic) bond motifs is 1. The topological polar surface area (TPSA) is 53.6 Å². The largest absolute Gasteiger partial charge is 0.370 e. The van der Waals surface area contributed by atoms with Gasteiger partial charge < -0.3 is 16.0 Å². The van der Waals surface area contributed by atoms with Gasteiger partial charge in [-0.25, -0.2) is 0 Å². The van der Waals surface area contributed by atoms with Crippen molar-refractivity contribution in [3.63, 3.8) is 0 Å². The minimum absolute atomic E-state index is 0. The average molecular weight is 386 g/mol. The van der Waals surface area contributed by atoms with Gasteiger partial charge in [-0.15, -0.1) is 24.0 Å². The van der Waals surface area contributed by atoms with Crippen LogP contribution in [0, 0.1) is 0 Å². The Morgan fingerprint density at radius 1 is 1.20 bits per heavy atom. The quantitative estimate of drug-likeness (QED) is 0.474. The summed E-state index contributed by atoms with van der Waals surface area (Å²) < 4.78 is 0. The molecule has 1 aliphatic carbocycles. The third-order valence-electron chi connectivity index (χ3n) is 4.02. The summed E-state index contributed by atoms with van der Waals surface area (Å²) in [5.41, 5.74) is 9.92. The van der Waals surface area contributed by atoms with E-state index in [1.54, 1.807) is 0 Å². The molecule has 3 N–H and O–H groups in total. The van der Waals surface area contributed by atoms with Gasteiger partial charge >= 0.3 is 0 Å². The molecule has 5 heteroatoms. The molecule has 1 heterocycles. The van der Waals surface area contributed by atoms with Gasteiger partial charge in [-0.1, -0.05) is 6.07 Å². The zero-order valence-corrected chi connectivity index (χ0v) is 14.1. The van der Waals surface area contributed by atoms with E-state index in [1.807, 2.05) is 0 Å². The number of guanidine groups is 1. The van der Waals surface area contributed by atoms with E-state index in [0.717, 1.165) is 18.8 Å². The van der Waals surface area contributed by atoms with Crippen molar-refractivity contribution < 1.29 is 0 Å². The van der Waals surface area contributed by atoms with Crippen molar-refractivity contribution in [3.05, 3.63) is 29.3 Å². The van der Waals surface area contributed by atoms with E-state index < -0.39 is 0 Å². The minimum atomic E-state index is 0. The first-order valence-electron chi connectivity index (χ1n) is 7.22. The molecule has 0 bridgehead atoms. The molecule has 1 aromatic rings. The molecule has 110 valence electrons. The number of benzene rings is 1. The summed E-state index contributed by atoms with van der Waals surface area (Å²) in [6.45, 7) is 4.23. The van der Waals surface area contributed by atoms with Crippen LogP contribution >= 0.6 is 24.0 Å². The summed E-state index contributed by atoms with van der Waals surface area (Å²) in [6.07, 6.45) is 5.01. The number of likely N-dealkylation sites (tertiary alicyclic amines) is 1. The Kier molecular flexibility index (Phi) is 5.65. The molecular weight excluding hydrogens is 363 g/mol. The second-order valence-electron chi connectivity index (χ2n) is 5.42. The number of aliphatic imine (C=N–C) groups is 1. The number of anilines is 1. The lowest BCUT2D eigenvalue weighted by Gasteiger charge is -2.29. The van der Waals surface area contributed by atoms with Gasteiger partial charge in [0, 0.05) is 12.2 Å². The summed E-state index contributed by atoms with van der Waals surface area (Å²) >= 11 is 0. The molecule has 0 amide bonds. The van der Waals surface area contributed by atoms with Crippen molar-refractivity contribution in [2.24, 2.45) is 10.7 Å². The van der Waals surface area contributed by atoms with Crippen molar-refractivity contribution in [1.82, 2.24) is 4.90 Å². The Hall–Kier alpha value is -0.820. The van der Waals surface area contributed by atoms with Gasteiger partial charge in [0.05, 0.1) is 6.54 Å². The maximum absolute atomic E-state index is 5.92. The van der Waals surface area contributed by atoms with Crippen LogP contribution in [0.4, 0.5) is 5.69 Å². The monoisotopic (exact) mass is 386 g/mol. The van der Waals surface area contributed by atoms with E-state index >= 15 is 0 Å². The van der Waals surface area contributed by atoms with Crippen molar-refractivity contribution in [2.45, 2.75) is 25.7 Å². The zero-order chi connectivity index (χ0) is 13.1. The first-order valence-corrected chi connectivity index (χ1v) is 7.22. The summed E-state index contributed by atoms with van der Waals surface area (Å²) in [5, 5.41) is 3.19. The van der Waals surface area contributed by atoms with Crippen molar-refractivity contribution in [3.8, 4) is 0 Å². The van der Waals surface area contributed by atoms with Crippen LogP contribution in [0.2, 0.25) is 0 Å². The highest BCUT2D eigenvalue weighted by atomic mass is 127. The fourth-order valence-electron chi connectivity index (χ4n) is 2.75. The Morgan fingerprint density at radius 3 is 2.75 bits per heavy atom. The van der Waals surface area contributed by atoms with Crippen LogP contribution in [0.5, 0.6) is 0 Å². The SMILES string of the molecule is I.NC(=NCCN1CCC1)Nc1ccc2c(c1)CCC2. The molecule has 1 fully saturated rings. The van der Waals surface area contributed by atoms with Gasteiger partial charge in [0.1, 0.15) is 0 Å². The van der Waals surface area contributed by atoms with E-state index in [1.165, 1.54) is 49.9 Å². The van der Waals surface area contributed by atoms with Gasteiger partial charge in [0.2, 0.25) is 0 Å². The second kappa shape index (κ2) is 7.26. The highest BCUT2D eigenvalue weighted by molar-refractivity contribution is 14.0. The predicted octanol–water partition coefficient (Wildman–Crippen LogP) is 2.23. The van der Waals surface area contributed by atoms with Crippen molar-refractivity contribution in [2.75, 3.05) is 31.5 Å². The number of nitrogens with zero attached hydrogens (tertiary/aromatic N) is 2. The predicted molar refractivity (Wildman–Crippen MR) is 95.1 cm³/mol. The minimum Gasteiger partial charge on any atom is -0.370 e. The van der Waals surface area contributed by atoms with Crippen LogP contribution in [0.1, 0.15) is 24.0 Å². The molecule has 3 rings (SSSR count). The highest BCUT2D eigenvalue weighted by Gasteiger charge is 2.12. The molecule has 0 radical (unpaired) electrons. The van der Waals surface area contributed by atoms with E-state index in [4.69, 9.17) is 5.73 Å². The lowest BCUT2D eigenvalue weighted by atomic mass is 10.1. The number of rotatable bonds is 4. The summed E-state index contributed by atoms with van der Waals surface area (Å²) in [4.78, 5) is 6.77. The standard InChI is InChI=1S/C15H22N4.HI/c16-15(17-7-10-19-8-2-9-19)18-14-6-5-12-3-1-4-13(12)11-14;/h5-6,11H,1-4,7-10H2,(H3,16,17,18);1H. The summed E-state index contributed by atoms with van der Waals surface area (Å²) in [7, 11) is 0. The summed E-state index contributed by atoms with van der Waals surface area (Å²) in [5.74, 6) is 0.526. The van der Waals surface area contributed by atoms with Crippen LogP contribution in [-0.4, -0.2) is 37.0 Å². The molecule has 0 spiro atoms. The summed E-state index contributed by atoms with van der Waals surface area (Å²) in [6, 6.07) is 6.51. The second-order valence-corrected chi connectivity index (χ2v) is 5.42. The van der Waals surface area contributed by atoms with E-state index in [9.17, 15) is 0 Å². The Bertz CT molecular complexity index is 483. The van der Waals surface area contributed by atoms with Gasteiger partial charge in [-0.2, -0.15) is 0 Å². The molecule has 1 aliphatic heterocycles. The number of halogens is 1. The lowest BCUT2D eigenvalue weighted by molar-refractivity contribution is 0.187. The fraction of sp³-hybridized carbons (Fsp3) is 0.533. The maximum atomic E-state index is 5.92. The number of nitrogens with one attached hydrogen (secondary N) is 1. The third-order valence-corrected chi connectivity index (χ3v) is 4.02. The van der Waals surface area contributed by atoms with Crippen molar-refractivity contribution >= 4 is 35.6 Å². The lowest BCUT2D eigenvalue weighted by Crippen LogP contribution is -2.39. The Balaban J connectivity index is 0.00000147. The average Bonchev–Trinajstić information content (AvgIpc) is 2.79. The van der Waals surface area contributed by atoms with Crippen LogP contribution in [0.25, 0.3) is 0 Å². The van der Waals surface area contributed by atoms with Gasteiger partial charge in [-0.05, 0) is 62.0 Å². The number of hydrogen-bond acceptors (Lipinski definition) is 2. The van der Waals surface area contributed by atoms with Gasteiger partial charge in [0.15, 0.2) is 5.96 Å². The number of hydrogen-bond donors (Lipinski definition) is 2. The molecule has 1 aromatic carbocycles. The van der Waals surface area contributed by atoms with Gasteiger partial charge in [-0.3, -0.25) is 4.99 Å². The number of nitrogens with two attached hydrogens (primary N) is 1. The van der Waals surface area contributed by atoms with Crippen LogP contribution < -0.4 is 11.1 Å². The van der Waals surface area contributed by atoms with Crippen LogP contribution in [-0.2, 0) is 12.8 Å². The molecule has 2 aliphatic rings. The molecule has 0 saturated carbocycles. The highest BCUT2D eigenvalue weighted by Crippen LogP contribution is 2.24. The smallest absolute Gasteiger partial charge is 0.193 e. The molecule has 1 saturated heterocycles. The molecule has 4 nitrogen and oxygen atoms in total. The molecule has 0 aromatic heterocycles. The number of aryl methyl sites for hydroxylation is 2. The molecular formula is C15H23IN4. The van der Waals surface area contributed by atoms with Gasteiger partial charge in [0.25, 0.3) is 0 Å². The molecule has 0 atom stereocenters. The normalized spacial score (nSPS) is 18.1.